The van der Waals surface area contributed by atoms with E-state index < -0.39 is 11.9 Å². The van der Waals surface area contributed by atoms with Crippen LogP contribution >= 0.6 is 0 Å². The van der Waals surface area contributed by atoms with Crippen LogP contribution in [0.3, 0.4) is 0 Å². The number of carbonyl (C=O) groups is 2. The van der Waals surface area contributed by atoms with Crippen molar-refractivity contribution in [3.8, 4) is 0 Å². The third kappa shape index (κ3) is 3.99. The quantitative estimate of drug-likeness (QED) is 0.786. The molecule has 0 radical (unpaired) electrons. The first-order chi connectivity index (χ1) is 13.9. The highest BCUT2D eigenvalue weighted by Gasteiger charge is 2.43. The standard InChI is InChI=1S/C23H28N2O4/c1-14-19(22(27)29-13-16-5-4-10-28-16)20(15-6-8-24-9-7-15)21-17(25-14)11-23(2,3)12-18(21)26/h6-9,16,20,25H,4-5,10-13H2,1-3H3/t16-,20-/m1/s1. The predicted octanol–water partition coefficient (Wildman–Crippen LogP) is 3.41. The van der Waals surface area contributed by atoms with Crippen molar-refractivity contribution in [3.05, 3.63) is 52.6 Å². The first-order valence-electron chi connectivity index (χ1n) is 10.3. The van der Waals surface area contributed by atoms with Crippen LogP contribution in [0.5, 0.6) is 0 Å². The molecule has 6 nitrogen and oxygen atoms in total. The highest BCUT2D eigenvalue weighted by Crippen LogP contribution is 2.46. The van der Waals surface area contributed by atoms with E-state index in [0.29, 0.717) is 24.2 Å². The summed E-state index contributed by atoms with van der Waals surface area (Å²) >= 11 is 0. The van der Waals surface area contributed by atoms with Crippen LogP contribution in [0.4, 0.5) is 0 Å². The Kier molecular flexibility index (Phi) is 5.30. The van der Waals surface area contributed by atoms with Crippen molar-refractivity contribution in [2.24, 2.45) is 5.41 Å². The Morgan fingerprint density at radius 1 is 1.31 bits per heavy atom. The molecule has 154 valence electrons. The summed E-state index contributed by atoms with van der Waals surface area (Å²) in [7, 11) is 0. The molecule has 3 heterocycles. The zero-order chi connectivity index (χ0) is 20.6. The summed E-state index contributed by atoms with van der Waals surface area (Å²) in [6, 6.07) is 3.74. The second-order valence-corrected chi connectivity index (χ2v) is 8.94. The minimum atomic E-state index is -0.435. The maximum atomic E-state index is 13.2. The van der Waals surface area contributed by atoms with E-state index in [4.69, 9.17) is 9.47 Å². The van der Waals surface area contributed by atoms with Crippen LogP contribution in [0.15, 0.2) is 47.1 Å². The molecular formula is C23H28N2O4. The Hall–Kier alpha value is -2.47. The van der Waals surface area contributed by atoms with E-state index in [1.807, 2.05) is 19.1 Å². The fourth-order valence-corrected chi connectivity index (χ4v) is 4.62. The van der Waals surface area contributed by atoms with Gasteiger partial charge < -0.3 is 14.8 Å². The molecule has 0 aromatic carbocycles. The molecule has 1 N–H and O–H groups in total. The Labute approximate surface area is 171 Å². The minimum Gasteiger partial charge on any atom is -0.459 e. The maximum absolute atomic E-state index is 13.2. The van der Waals surface area contributed by atoms with Gasteiger partial charge in [0.2, 0.25) is 0 Å². The average molecular weight is 396 g/mol. The molecule has 1 saturated heterocycles. The van der Waals surface area contributed by atoms with Gasteiger partial charge in [0.15, 0.2) is 5.78 Å². The number of allylic oxidation sites excluding steroid dienone is 3. The van der Waals surface area contributed by atoms with Gasteiger partial charge in [0, 0.05) is 48.3 Å². The molecule has 0 saturated carbocycles. The molecule has 29 heavy (non-hydrogen) atoms. The Morgan fingerprint density at radius 2 is 2.07 bits per heavy atom. The van der Waals surface area contributed by atoms with Gasteiger partial charge in [-0.15, -0.1) is 0 Å². The van der Waals surface area contributed by atoms with Gasteiger partial charge in [-0.1, -0.05) is 13.8 Å². The van der Waals surface area contributed by atoms with Crippen LogP contribution < -0.4 is 5.32 Å². The van der Waals surface area contributed by atoms with Gasteiger partial charge in [-0.25, -0.2) is 4.79 Å². The van der Waals surface area contributed by atoms with Crippen molar-refractivity contribution in [1.29, 1.82) is 0 Å². The van der Waals surface area contributed by atoms with E-state index in [-0.39, 0.29) is 23.9 Å². The van der Waals surface area contributed by atoms with Crippen LogP contribution in [0.25, 0.3) is 0 Å². The Balaban J connectivity index is 1.70. The molecule has 2 aliphatic heterocycles. The summed E-state index contributed by atoms with van der Waals surface area (Å²) in [6.45, 7) is 7.04. The van der Waals surface area contributed by atoms with E-state index in [0.717, 1.165) is 36.2 Å². The largest absolute Gasteiger partial charge is 0.459 e. The molecule has 1 aliphatic carbocycles. The molecule has 4 rings (SSSR count). The molecule has 0 bridgehead atoms. The zero-order valence-corrected chi connectivity index (χ0v) is 17.3. The topological polar surface area (TPSA) is 77.5 Å². The van der Waals surface area contributed by atoms with Crippen LogP contribution in [0.2, 0.25) is 0 Å². The number of pyridine rings is 1. The lowest BCUT2D eigenvalue weighted by molar-refractivity contribution is -0.142. The summed E-state index contributed by atoms with van der Waals surface area (Å²) in [4.78, 5) is 30.4. The first-order valence-corrected chi connectivity index (χ1v) is 10.3. The maximum Gasteiger partial charge on any atom is 0.336 e. The number of nitrogens with zero attached hydrogens (tertiary/aromatic N) is 1. The van der Waals surface area contributed by atoms with Crippen LogP contribution in [-0.4, -0.2) is 36.1 Å². The van der Waals surface area contributed by atoms with Gasteiger partial charge in [0.25, 0.3) is 0 Å². The van der Waals surface area contributed by atoms with Crippen LogP contribution in [0.1, 0.15) is 57.9 Å². The summed E-state index contributed by atoms with van der Waals surface area (Å²) in [5.41, 5.74) is 3.62. The van der Waals surface area contributed by atoms with Gasteiger partial charge >= 0.3 is 5.97 Å². The molecule has 0 amide bonds. The normalized spacial score (nSPS) is 26.2. The second kappa shape index (κ2) is 7.75. The molecule has 3 aliphatic rings. The number of aromatic nitrogens is 1. The monoisotopic (exact) mass is 396 g/mol. The SMILES string of the molecule is CC1=C(C(=O)OC[C@H]2CCCO2)[C@@H](c2ccncc2)C2=C(CC(C)(C)CC2=O)N1. The molecule has 2 atom stereocenters. The zero-order valence-electron chi connectivity index (χ0n) is 17.3. The fourth-order valence-electron chi connectivity index (χ4n) is 4.62. The lowest BCUT2D eigenvalue weighted by Crippen LogP contribution is -2.39. The van der Waals surface area contributed by atoms with E-state index >= 15 is 0 Å². The van der Waals surface area contributed by atoms with E-state index in [9.17, 15) is 9.59 Å². The Morgan fingerprint density at radius 3 is 2.76 bits per heavy atom. The summed E-state index contributed by atoms with van der Waals surface area (Å²) in [5.74, 6) is -0.742. The second-order valence-electron chi connectivity index (χ2n) is 8.94. The molecule has 1 aromatic heterocycles. The number of Topliss-reactive ketones (excluding diaryl/α,β-unsaturated/α-hetero) is 1. The number of hydrogen-bond acceptors (Lipinski definition) is 6. The Bertz CT molecular complexity index is 879. The van der Waals surface area contributed by atoms with Crippen molar-refractivity contribution in [1.82, 2.24) is 10.3 Å². The van der Waals surface area contributed by atoms with E-state index in [1.165, 1.54) is 0 Å². The number of carbonyl (C=O) groups excluding carboxylic acids is 2. The van der Waals surface area contributed by atoms with Crippen molar-refractivity contribution in [3.63, 3.8) is 0 Å². The van der Waals surface area contributed by atoms with Crippen molar-refractivity contribution in [2.75, 3.05) is 13.2 Å². The van der Waals surface area contributed by atoms with Gasteiger partial charge in [-0.3, -0.25) is 9.78 Å². The third-order valence-corrected chi connectivity index (χ3v) is 5.92. The van der Waals surface area contributed by atoms with Gasteiger partial charge in [-0.2, -0.15) is 0 Å². The van der Waals surface area contributed by atoms with E-state index in [2.05, 4.69) is 24.1 Å². The molecule has 1 fully saturated rings. The summed E-state index contributed by atoms with van der Waals surface area (Å²) in [5, 5.41) is 3.35. The van der Waals surface area contributed by atoms with Crippen LogP contribution in [0, 0.1) is 5.41 Å². The van der Waals surface area contributed by atoms with Crippen molar-refractivity contribution < 1.29 is 19.1 Å². The average Bonchev–Trinajstić information content (AvgIpc) is 3.18. The molecule has 6 heteroatoms. The molecule has 1 aromatic rings. The minimum absolute atomic E-state index is 0.0392. The van der Waals surface area contributed by atoms with E-state index in [1.54, 1.807) is 12.4 Å². The first kappa shape index (κ1) is 19.8. The van der Waals surface area contributed by atoms with Gasteiger partial charge in [0.05, 0.1) is 11.7 Å². The number of ketones is 1. The summed E-state index contributed by atoms with van der Waals surface area (Å²) < 4.78 is 11.2. The third-order valence-electron chi connectivity index (χ3n) is 5.92. The molecule has 0 spiro atoms. The fraction of sp³-hybridized carbons (Fsp3) is 0.522. The number of rotatable bonds is 4. The lowest BCUT2D eigenvalue weighted by Gasteiger charge is -2.39. The summed E-state index contributed by atoms with van der Waals surface area (Å²) in [6.07, 6.45) is 6.48. The number of esters is 1. The smallest absolute Gasteiger partial charge is 0.336 e. The van der Waals surface area contributed by atoms with Crippen LogP contribution in [-0.2, 0) is 19.1 Å². The van der Waals surface area contributed by atoms with Gasteiger partial charge in [0.1, 0.15) is 6.61 Å². The highest BCUT2D eigenvalue weighted by atomic mass is 16.6. The highest BCUT2D eigenvalue weighted by molar-refractivity contribution is 6.04. The molecule has 0 unspecified atom stereocenters. The molecular weight excluding hydrogens is 368 g/mol. The lowest BCUT2D eigenvalue weighted by atomic mass is 9.68. The van der Waals surface area contributed by atoms with Crippen molar-refractivity contribution >= 4 is 11.8 Å². The van der Waals surface area contributed by atoms with Gasteiger partial charge in [-0.05, 0) is 49.3 Å². The number of hydrogen-bond donors (Lipinski definition) is 1. The number of dihydropyridines is 1. The van der Waals surface area contributed by atoms with Crippen molar-refractivity contribution in [2.45, 2.75) is 58.5 Å². The number of ether oxygens (including phenoxy) is 2. The predicted molar refractivity (Wildman–Crippen MR) is 108 cm³/mol. The number of nitrogens with one attached hydrogen (secondary N) is 1.